The third-order valence-corrected chi connectivity index (χ3v) is 4.25. The van der Waals surface area contributed by atoms with Crippen LogP contribution in [0.5, 0.6) is 0 Å². The lowest BCUT2D eigenvalue weighted by atomic mass is 10.0. The second-order valence-corrected chi connectivity index (χ2v) is 5.91. The Hall–Kier alpha value is -2.95. The van der Waals surface area contributed by atoms with Crippen molar-refractivity contribution in [2.45, 2.75) is 13.8 Å². The van der Waals surface area contributed by atoms with Crippen molar-refractivity contribution in [1.29, 1.82) is 0 Å². The zero-order chi connectivity index (χ0) is 17.3. The lowest BCUT2D eigenvalue weighted by molar-refractivity contribution is -0.124. The van der Waals surface area contributed by atoms with E-state index in [9.17, 15) is 14.4 Å². The molecule has 3 rings (SSSR count). The summed E-state index contributed by atoms with van der Waals surface area (Å²) in [7, 11) is 0. The van der Waals surface area contributed by atoms with Gasteiger partial charge in [-0.25, -0.2) is 4.79 Å². The van der Waals surface area contributed by atoms with Crippen LogP contribution in [-0.4, -0.2) is 35.7 Å². The van der Waals surface area contributed by atoms with Gasteiger partial charge in [-0.05, 0) is 43.2 Å². The van der Waals surface area contributed by atoms with Crippen LogP contribution in [0.25, 0.3) is 0 Å². The van der Waals surface area contributed by atoms with Crippen molar-refractivity contribution < 1.29 is 14.4 Å². The summed E-state index contributed by atoms with van der Waals surface area (Å²) < 4.78 is 0. The summed E-state index contributed by atoms with van der Waals surface area (Å²) in [6.45, 7) is 3.62. The molecule has 1 saturated heterocycles. The van der Waals surface area contributed by atoms with Crippen molar-refractivity contribution in [2.75, 3.05) is 18.0 Å². The molecule has 0 spiro atoms. The first kappa shape index (κ1) is 15.9. The molecule has 122 valence electrons. The number of carbonyl (C=O) groups excluding carboxylic acids is 3. The number of carbonyl (C=O) groups is 3. The van der Waals surface area contributed by atoms with Crippen molar-refractivity contribution in [3.05, 3.63) is 65.2 Å². The lowest BCUT2D eigenvalue weighted by Crippen LogP contribution is -2.37. The minimum absolute atomic E-state index is 0.0386. The number of urea groups is 1. The molecule has 2 aromatic carbocycles. The van der Waals surface area contributed by atoms with Crippen molar-refractivity contribution in [2.24, 2.45) is 0 Å². The van der Waals surface area contributed by atoms with Gasteiger partial charge in [0.1, 0.15) is 6.54 Å². The first-order valence-corrected chi connectivity index (χ1v) is 7.75. The summed E-state index contributed by atoms with van der Waals surface area (Å²) >= 11 is 0. The van der Waals surface area contributed by atoms with E-state index in [-0.39, 0.29) is 24.8 Å². The maximum Gasteiger partial charge on any atom is 0.332 e. The van der Waals surface area contributed by atoms with Gasteiger partial charge in [-0.15, -0.1) is 0 Å². The molecule has 0 aromatic heterocycles. The number of rotatable bonds is 4. The van der Waals surface area contributed by atoms with Gasteiger partial charge >= 0.3 is 6.03 Å². The van der Waals surface area contributed by atoms with Crippen LogP contribution in [0.4, 0.5) is 10.5 Å². The maximum absolute atomic E-state index is 12.5. The molecule has 2 aromatic rings. The van der Waals surface area contributed by atoms with E-state index in [0.29, 0.717) is 11.3 Å². The third-order valence-electron chi connectivity index (χ3n) is 4.25. The highest BCUT2D eigenvalue weighted by molar-refractivity contribution is 6.15. The molecular formula is C19H18N2O3. The molecule has 0 saturated carbocycles. The van der Waals surface area contributed by atoms with E-state index < -0.39 is 6.03 Å². The zero-order valence-electron chi connectivity index (χ0n) is 13.7. The van der Waals surface area contributed by atoms with Gasteiger partial charge in [0, 0.05) is 11.3 Å². The zero-order valence-corrected chi connectivity index (χ0v) is 13.7. The second-order valence-electron chi connectivity index (χ2n) is 5.91. The molecule has 0 bridgehead atoms. The van der Waals surface area contributed by atoms with Crippen molar-refractivity contribution in [3.63, 3.8) is 0 Å². The van der Waals surface area contributed by atoms with Gasteiger partial charge in [-0.1, -0.05) is 30.3 Å². The molecule has 24 heavy (non-hydrogen) atoms. The number of Topliss-reactive ketones (excluding diaryl/α,β-unsaturated/α-hetero) is 1. The quantitative estimate of drug-likeness (QED) is 0.642. The van der Waals surface area contributed by atoms with Gasteiger partial charge in [-0.3, -0.25) is 19.4 Å². The van der Waals surface area contributed by atoms with E-state index in [1.165, 1.54) is 4.90 Å². The van der Waals surface area contributed by atoms with E-state index in [1.54, 1.807) is 36.4 Å². The fraction of sp³-hybridized carbons (Fsp3) is 0.211. The molecule has 1 fully saturated rings. The largest absolute Gasteiger partial charge is 0.332 e. The Balaban J connectivity index is 1.77. The van der Waals surface area contributed by atoms with Gasteiger partial charge in [0.2, 0.25) is 0 Å². The van der Waals surface area contributed by atoms with Crippen molar-refractivity contribution in [1.82, 2.24) is 4.90 Å². The fourth-order valence-corrected chi connectivity index (χ4v) is 2.66. The van der Waals surface area contributed by atoms with Gasteiger partial charge in [0.25, 0.3) is 5.91 Å². The normalized spacial score (nSPS) is 14.4. The minimum atomic E-state index is -0.455. The third kappa shape index (κ3) is 2.93. The van der Waals surface area contributed by atoms with Crippen molar-refractivity contribution in [3.8, 4) is 0 Å². The van der Waals surface area contributed by atoms with E-state index in [4.69, 9.17) is 0 Å². The molecular weight excluding hydrogens is 304 g/mol. The number of anilines is 1. The van der Waals surface area contributed by atoms with Crippen LogP contribution in [-0.2, 0) is 4.79 Å². The first-order valence-electron chi connectivity index (χ1n) is 7.75. The standard InChI is InChI=1S/C19H18N2O3/c1-13-8-9-15(10-14(13)2)17(22)11-21-18(23)12-20(19(21)24)16-6-4-3-5-7-16/h3-10H,11-12H2,1-2H3. The summed E-state index contributed by atoms with van der Waals surface area (Å²) in [5.74, 6) is -0.601. The number of ketones is 1. The molecule has 0 radical (unpaired) electrons. The highest BCUT2D eigenvalue weighted by Gasteiger charge is 2.37. The Morgan fingerprint density at radius 2 is 1.71 bits per heavy atom. The number of hydrogen-bond donors (Lipinski definition) is 0. The number of benzene rings is 2. The van der Waals surface area contributed by atoms with E-state index in [1.807, 2.05) is 26.0 Å². The molecule has 5 heteroatoms. The minimum Gasteiger partial charge on any atom is -0.292 e. The highest BCUT2D eigenvalue weighted by atomic mass is 16.2. The Bertz CT molecular complexity index is 815. The Morgan fingerprint density at radius 1 is 1.00 bits per heavy atom. The predicted octanol–water partition coefficient (Wildman–Crippen LogP) is 2.95. The smallest absolute Gasteiger partial charge is 0.292 e. The Morgan fingerprint density at radius 3 is 2.38 bits per heavy atom. The van der Waals surface area contributed by atoms with E-state index >= 15 is 0 Å². The molecule has 3 amide bonds. The number of imide groups is 1. The molecule has 1 heterocycles. The molecule has 0 unspecified atom stereocenters. The van der Waals surface area contributed by atoms with Gasteiger partial charge < -0.3 is 0 Å². The molecule has 0 N–H and O–H groups in total. The molecule has 0 atom stereocenters. The Kier molecular flexibility index (Phi) is 4.16. The van der Waals surface area contributed by atoms with Crippen LogP contribution in [0.2, 0.25) is 0 Å². The van der Waals surface area contributed by atoms with Crippen LogP contribution in [0.15, 0.2) is 48.5 Å². The summed E-state index contributed by atoms with van der Waals surface area (Å²) in [4.78, 5) is 39.5. The lowest BCUT2D eigenvalue weighted by Gasteiger charge is -2.16. The van der Waals surface area contributed by atoms with Crippen LogP contribution in [0.1, 0.15) is 21.5 Å². The predicted molar refractivity (Wildman–Crippen MR) is 91.1 cm³/mol. The second kappa shape index (κ2) is 6.28. The summed E-state index contributed by atoms with van der Waals surface area (Å²) in [6.07, 6.45) is 0. The summed E-state index contributed by atoms with van der Waals surface area (Å²) in [5.41, 5.74) is 3.26. The SMILES string of the molecule is Cc1ccc(C(=O)CN2C(=O)CN(c3ccccc3)C2=O)cc1C. The number of amides is 3. The monoisotopic (exact) mass is 322 g/mol. The van der Waals surface area contributed by atoms with Crippen molar-refractivity contribution >= 4 is 23.4 Å². The van der Waals surface area contributed by atoms with E-state index in [2.05, 4.69) is 0 Å². The molecule has 5 nitrogen and oxygen atoms in total. The number of para-hydroxylation sites is 1. The van der Waals surface area contributed by atoms with Gasteiger partial charge in [0.05, 0.1) is 6.54 Å². The molecule has 0 aliphatic carbocycles. The van der Waals surface area contributed by atoms with Crippen LogP contribution in [0.3, 0.4) is 0 Å². The number of hydrogen-bond acceptors (Lipinski definition) is 3. The van der Waals surface area contributed by atoms with Crippen LogP contribution >= 0.6 is 0 Å². The average Bonchev–Trinajstić information content (AvgIpc) is 2.86. The Labute approximate surface area is 140 Å². The van der Waals surface area contributed by atoms with E-state index in [0.717, 1.165) is 16.0 Å². The first-order chi connectivity index (χ1) is 11.5. The molecule has 1 aliphatic rings. The topological polar surface area (TPSA) is 57.7 Å². The van der Waals surface area contributed by atoms with Crippen LogP contribution < -0.4 is 4.90 Å². The summed E-state index contributed by atoms with van der Waals surface area (Å²) in [6, 6.07) is 13.9. The average molecular weight is 322 g/mol. The number of nitrogens with zero attached hydrogens (tertiary/aromatic N) is 2. The molecule has 1 aliphatic heterocycles. The summed E-state index contributed by atoms with van der Waals surface area (Å²) in [5, 5.41) is 0. The maximum atomic E-state index is 12.5. The highest BCUT2D eigenvalue weighted by Crippen LogP contribution is 2.21. The van der Waals surface area contributed by atoms with Crippen LogP contribution in [0, 0.1) is 13.8 Å². The van der Waals surface area contributed by atoms with Gasteiger partial charge in [-0.2, -0.15) is 0 Å². The fourth-order valence-electron chi connectivity index (χ4n) is 2.66. The number of aryl methyl sites for hydroxylation is 2. The van der Waals surface area contributed by atoms with Gasteiger partial charge in [0.15, 0.2) is 5.78 Å².